The first-order valence-electron chi connectivity index (χ1n) is 6.07. The van der Waals surface area contributed by atoms with Crippen LogP contribution in [0.1, 0.15) is 24.8 Å². The van der Waals surface area contributed by atoms with Crippen LogP contribution in [-0.2, 0) is 6.42 Å². The highest BCUT2D eigenvalue weighted by Crippen LogP contribution is 2.47. The first-order chi connectivity index (χ1) is 8.26. The fourth-order valence-electron chi connectivity index (χ4n) is 2.04. The molecule has 0 heterocycles. The van der Waals surface area contributed by atoms with Crippen LogP contribution >= 0.6 is 0 Å². The van der Waals surface area contributed by atoms with E-state index in [0.717, 1.165) is 31.5 Å². The molecule has 1 saturated carbocycles. The van der Waals surface area contributed by atoms with Crippen molar-refractivity contribution in [3.63, 3.8) is 0 Å². The smallest absolute Gasteiger partial charge is 0.126 e. The lowest BCUT2D eigenvalue weighted by molar-refractivity contribution is 0.467. The van der Waals surface area contributed by atoms with Crippen molar-refractivity contribution in [1.82, 2.24) is 5.32 Å². The zero-order valence-corrected chi connectivity index (χ0v) is 9.88. The van der Waals surface area contributed by atoms with Crippen LogP contribution in [0.2, 0.25) is 0 Å². The number of hydrogen-bond donors (Lipinski definition) is 1. The molecule has 0 aromatic heterocycles. The summed E-state index contributed by atoms with van der Waals surface area (Å²) in [5.41, 5.74) is 0.981. The molecule has 0 aliphatic heterocycles. The van der Waals surface area contributed by atoms with E-state index in [0.29, 0.717) is 12.8 Å². The maximum Gasteiger partial charge on any atom is 0.126 e. The standard InChI is InChI=1S/C14H17FN2/c15-13-4-2-1-3-12(13)5-10-17-11-14(6-7-14)8-9-16/h1-4,17H,5-8,10-11H2. The van der Waals surface area contributed by atoms with Crippen LogP contribution in [0.15, 0.2) is 24.3 Å². The molecule has 0 amide bonds. The Morgan fingerprint density at radius 2 is 2.12 bits per heavy atom. The predicted octanol–water partition coefficient (Wildman–Crippen LogP) is 2.65. The van der Waals surface area contributed by atoms with Gasteiger partial charge in [-0.2, -0.15) is 5.26 Å². The van der Waals surface area contributed by atoms with Gasteiger partial charge in [-0.3, -0.25) is 0 Å². The van der Waals surface area contributed by atoms with Crippen LogP contribution < -0.4 is 5.32 Å². The molecule has 2 nitrogen and oxygen atoms in total. The van der Waals surface area contributed by atoms with E-state index >= 15 is 0 Å². The Kier molecular flexibility index (Phi) is 3.75. The molecule has 3 heteroatoms. The van der Waals surface area contributed by atoms with Crippen molar-refractivity contribution in [2.24, 2.45) is 5.41 Å². The summed E-state index contributed by atoms with van der Waals surface area (Å²) in [6.07, 6.45) is 3.63. The normalized spacial score (nSPS) is 16.5. The van der Waals surface area contributed by atoms with Crippen molar-refractivity contribution in [3.8, 4) is 6.07 Å². The van der Waals surface area contributed by atoms with E-state index in [1.54, 1.807) is 6.07 Å². The van der Waals surface area contributed by atoms with Crippen LogP contribution in [0.3, 0.4) is 0 Å². The molecule has 0 spiro atoms. The summed E-state index contributed by atoms with van der Waals surface area (Å²) in [6.45, 7) is 1.66. The van der Waals surface area contributed by atoms with E-state index in [1.807, 2.05) is 12.1 Å². The number of hydrogen-bond acceptors (Lipinski definition) is 2. The van der Waals surface area contributed by atoms with E-state index in [1.165, 1.54) is 6.07 Å². The summed E-state index contributed by atoms with van der Waals surface area (Å²) in [7, 11) is 0. The summed E-state index contributed by atoms with van der Waals surface area (Å²) >= 11 is 0. The van der Waals surface area contributed by atoms with Crippen molar-refractivity contribution >= 4 is 0 Å². The van der Waals surface area contributed by atoms with E-state index < -0.39 is 0 Å². The van der Waals surface area contributed by atoms with Crippen LogP contribution in [0, 0.1) is 22.6 Å². The zero-order chi connectivity index (χ0) is 12.1. The van der Waals surface area contributed by atoms with Crippen LogP contribution in [0.5, 0.6) is 0 Å². The first kappa shape index (κ1) is 12.1. The second-order valence-corrected chi connectivity index (χ2v) is 4.85. The third-order valence-electron chi connectivity index (χ3n) is 3.44. The lowest BCUT2D eigenvalue weighted by Crippen LogP contribution is -2.26. The molecule has 17 heavy (non-hydrogen) atoms. The Hall–Kier alpha value is -1.40. The number of nitriles is 1. The highest BCUT2D eigenvalue weighted by Gasteiger charge is 2.41. The van der Waals surface area contributed by atoms with E-state index in [2.05, 4.69) is 11.4 Å². The number of benzene rings is 1. The summed E-state index contributed by atoms with van der Waals surface area (Å²) in [5.74, 6) is -0.132. The van der Waals surface area contributed by atoms with Gasteiger partial charge in [0.1, 0.15) is 5.82 Å². The molecule has 90 valence electrons. The molecule has 0 bridgehead atoms. The number of nitrogens with one attached hydrogen (secondary N) is 1. The molecular weight excluding hydrogens is 215 g/mol. The van der Waals surface area contributed by atoms with Crippen molar-refractivity contribution in [1.29, 1.82) is 5.26 Å². The predicted molar refractivity (Wildman–Crippen MR) is 64.9 cm³/mol. The van der Waals surface area contributed by atoms with Gasteiger partial charge in [0, 0.05) is 13.0 Å². The van der Waals surface area contributed by atoms with Crippen molar-refractivity contribution < 1.29 is 4.39 Å². The van der Waals surface area contributed by atoms with Gasteiger partial charge in [0.15, 0.2) is 0 Å². The minimum absolute atomic E-state index is 0.132. The first-order valence-corrected chi connectivity index (χ1v) is 6.07. The quantitative estimate of drug-likeness (QED) is 0.765. The van der Waals surface area contributed by atoms with Gasteiger partial charge < -0.3 is 5.32 Å². The van der Waals surface area contributed by atoms with Gasteiger partial charge in [0.05, 0.1) is 6.07 Å². The fraction of sp³-hybridized carbons (Fsp3) is 0.500. The Balaban J connectivity index is 1.71. The van der Waals surface area contributed by atoms with Gasteiger partial charge in [0.2, 0.25) is 0 Å². The largest absolute Gasteiger partial charge is 0.316 e. The third-order valence-corrected chi connectivity index (χ3v) is 3.44. The molecule has 0 saturated heterocycles. The van der Waals surface area contributed by atoms with Gasteiger partial charge in [-0.25, -0.2) is 4.39 Å². The topological polar surface area (TPSA) is 35.8 Å². The molecule has 1 aromatic rings. The zero-order valence-electron chi connectivity index (χ0n) is 9.88. The lowest BCUT2D eigenvalue weighted by atomic mass is 10.0. The Bertz CT molecular complexity index is 418. The van der Waals surface area contributed by atoms with Gasteiger partial charge in [0.25, 0.3) is 0 Å². The highest BCUT2D eigenvalue weighted by molar-refractivity contribution is 5.17. The van der Waals surface area contributed by atoms with Gasteiger partial charge in [-0.15, -0.1) is 0 Å². The maximum absolute atomic E-state index is 13.3. The molecule has 1 N–H and O–H groups in total. The molecule has 0 atom stereocenters. The Morgan fingerprint density at radius 1 is 1.35 bits per heavy atom. The average molecular weight is 232 g/mol. The fourth-order valence-corrected chi connectivity index (χ4v) is 2.04. The van der Waals surface area contributed by atoms with Crippen molar-refractivity contribution in [3.05, 3.63) is 35.6 Å². The minimum Gasteiger partial charge on any atom is -0.316 e. The summed E-state index contributed by atoms with van der Waals surface area (Å²) < 4.78 is 13.3. The summed E-state index contributed by atoms with van der Waals surface area (Å²) in [5, 5.41) is 12.0. The van der Waals surface area contributed by atoms with Crippen molar-refractivity contribution in [2.75, 3.05) is 13.1 Å². The highest BCUT2D eigenvalue weighted by atomic mass is 19.1. The van der Waals surface area contributed by atoms with E-state index in [9.17, 15) is 4.39 Å². The average Bonchev–Trinajstić information content (AvgIpc) is 3.08. The number of rotatable bonds is 6. The number of nitrogens with zero attached hydrogens (tertiary/aromatic N) is 1. The molecular formula is C14H17FN2. The van der Waals surface area contributed by atoms with Gasteiger partial charge in [-0.1, -0.05) is 18.2 Å². The molecule has 0 radical (unpaired) electrons. The van der Waals surface area contributed by atoms with Gasteiger partial charge in [-0.05, 0) is 42.9 Å². The maximum atomic E-state index is 13.3. The summed E-state index contributed by atoms with van der Waals surface area (Å²) in [6, 6.07) is 9.11. The van der Waals surface area contributed by atoms with E-state index in [4.69, 9.17) is 5.26 Å². The molecule has 2 rings (SSSR count). The van der Waals surface area contributed by atoms with E-state index in [-0.39, 0.29) is 11.2 Å². The molecule has 1 aromatic carbocycles. The molecule has 1 aliphatic rings. The molecule has 0 unspecified atom stereocenters. The monoisotopic (exact) mass is 232 g/mol. The minimum atomic E-state index is -0.132. The lowest BCUT2D eigenvalue weighted by Gasteiger charge is -2.12. The SMILES string of the molecule is N#CCC1(CNCCc2ccccc2F)CC1. The van der Waals surface area contributed by atoms with Gasteiger partial charge >= 0.3 is 0 Å². The third kappa shape index (κ3) is 3.28. The molecule has 1 fully saturated rings. The van der Waals surface area contributed by atoms with Crippen LogP contribution in [-0.4, -0.2) is 13.1 Å². The van der Waals surface area contributed by atoms with Crippen molar-refractivity contribution in [2.45, 2.75) is 25.7 Å². The van der Waals surface area contributed by atoms with Crippen LogP contribution in [0.25, 0.3) is 0 Å². The Labute approximate surface area is 101 Å². The van der Waals surface area contributed by atoms with Crippen LogP contribution in [0.4, 0.5) is 4.39 Å². The molecule has 1 aliphatic carbocycles. The second kappa shape index (κ2) is 5.29. The summed E-state index contributed by atoms with van der Waals surface area (Å²) in [4.78, 5) is 0. The number of halogens is 1. The Morgan fingerprint density at radius 3 is 2.76 bits per heavy atom. The second-order valence-electron chi connectivity index (χ2n) is 4.85.